The van der Waals surface area contributed by atoms with Crippen LogP contribution in [-0.4, -0.2) is 24.3 Å². The monoisotopic (exact) mass is 464 g/mol. The Morgan fingerprint density at radius 3 is 2.47 bits per heavy atom. The van der Waals surface area contributed by atoms with Crippen LogP contribution in [0.25, 0.3) is 11.3 Å². The normalized spacial score (nSPS) is 11.2. The molecule has 2 heterocycles. The second kappa shape index (κ2) is 8.89. The number of pyridine rings is 1. The lowest BCUT2D eigenvalue weighted by molar-refractivity contribution is 0.102. The van der Waals surface area contributed by atoms with Crippen LogP contribution in [0.15, 0.2) is 77.3 Å². The highest BCUT2D eigenvalue weighted by Gasteiger charge is 2.16. The number of nitrogens with zero attached hydrogens (tertiary/aromatic N) is 2. The van der Waals surface area contributed by atoms with E-state index in [4.69, 9.17) is 0 Å². The Bertz CT molecular complexity index is 1370. The number of benzene rings is 2. The van der Waals surface area contributed by atoms with Gasteiger partial charge in [0.25, 0.3) is 15.9 Å². The van der Waals surface area contributed by atoms with Gasteiger partial charge in [-0.3, -0.25) is 19.8 Å². The van der Waals surface area contributed by atoms with E-state index in [0.29, 0.717) is 16.4 Å². The van der Waals surface area contributed by atoms with Crippen molar-refractivity contribution in [3.8, 4) is 11.3 Å². The average Bonchev–Trinajstić information content (AvgIpc) is 3.25. The number of rotatable bonds is 6. The number of hydrogen-bond donors (Lipinski definition) is 2. The third kappa shape index (κ3) is 4.84. The second-order valence-electron chi connectivity index (χ2n) is 7.16. The molecule has 0 aliphatic heterocycles. The minimum atomic E-state index is -3.77. The molecule has 0 saturated carbocycles. The Morgan fingerprint density at radius 2 is 1.78 bits per heavy atom. The van der Waals surface area contributed by atoms with Gasteiger partial charge in [0.15, 0.2) is 5.13 Å². The van der Waals surface area contributed by atoms with Crippen molar-refractivity contribution in [1.82, 2.24) is 9.97 Å². The molecule has 0 radical (unpaired) electrons. The molecule has 7 nitrogen and oxygen atoms in total. The summed E-state index contributed by atoms with van der Waals surface area (Å²) in [5.74, 6) is -0.372. The molecule has 162 valence electrons. The minimum absolute atomic E-state index is 0.0698. The summed E-state index contributed by atoms with van der Waals surface area (Å²) in [7, 11) is -3.77. The van der Waals surface area contributed by atoms with Gasteiger partial charge in [0.1, 0.15) is 0 Å². The van der Waals surface area contributed by atoms with E-state index in [-0.39, 0.29) is 10.8 Å². The summed E-state index contributed by atoms with van der Waals surface area (Å²) in [5.41, 5.74) is 4.46. The van der Waals surface area contributed by atoms with E-state index in [2.05, 4.69) is 20.0 Å². The van der Waals surface area contributed by atoms with E-state index >= 15 is 0 Å². The molecule has 0 saturated heterocycles. The molecule has 2 aromatic carbocycles. The molecule has 0 atom stereocenters. The first-order valence-electron chi connectivity index (χ1n) is 9.69. The molecule has 0 aliphatic carbocycles. The molecule has 0 spiro atoms. The zero-order valence-electron chi connectivity index (χ0n) is 17.4. The summed E-state index contributed by atoms with van der Waals surface area (Å²) in [6.07, 6.45) is 3.38. The molecule has 2 aromatic heterocycles. The van der Waals surface area contributed by atoms with Gasteiger partial charge in [0.2, 0.25) is 0 Å². The number of amides is 1. The lowest BCUT2D eigenvalue weighted by Gasteiger charge is -2.10. The first kappa shape index (κ1) is 21.7. The Morgan fingerprint density at radius 1 is 1.00 bits per heavy atom. The van der Waals surface area contributed by atoms with E-state index in [1.165, 1.54) is 35.6 Å². The van der Waals surface area contributed by atoms with Gasteiger partial charge >= 0.3 is 0 Å². The molecule has 32 heavy (non-hydrogen) atoms. The zero-order valence-corrected chi connectivity index (χ0v) is 19.0. The van der Waals surface area contributed by atoms with Crippen LogP contribution in [0.5, 0.6) is 0 Å². The largest absolute Gasteiger partial charge is 0.298 e. The predicted molar refractivity (Wildman–Crippen MR) is 126 cm³/mol. The van der Waals surface area contributed by atoms with Crippen molar-refractivity contribution >= 4 is 38.1 Å². The molecule has 1 amide bonds. The lowest BCUT2D eigenvalue weighted by atomic mass is 10.1. The van der Waals surface area contributed by atoms with Crippen LogP contribution < -0.4 is 10.0 Å². The molecule has 0 fully saturated rings. The molecular formula is C23H20N4O3S2. The maximum absolute atomic E-state index is 12.7. The summed E-state index contributed by atoms with van der Waals surface area (Å²) in [6.45, 7) is 3.88. The van der Waals surface area contributed by atoms with Crippen molar-refractivity contribution in [2.75, 3.05) is 10.0 Å². The summed E-state index contributed by atoms with van der Waals surface area (Å²) in [6, 6.07) is 14.8. The van der Waals surface area contributed by atoms with Crippen LogP contribution in [0.4, 0.5) is 10.8 Å². The van der Waals surface area contributed by atoms with Gasteiger partial charge in [-0.25, -0.2) is 13.4 Å². The van der Waals surface area contributed by atoms with Crippen LogP contribution in [0.3, 0.4) is 0 Å². The van der Waals surface area contributed by atoms with E-state index < -0.39 is 10.0 Å². The fourth-order valence-electron chi connectivity index (χ4n) is 2.95. The number of aryl methyl sites for hydroxylation is 2. The van der Waals surface area contributed by atoms with Gasteiger partial charge in [-0.1, -0.05) is 6.07 Å². The Hall–Kier alpha value is -3.56. The topological polar surface area (TPSA) is 101 Å². The highest BCUT2D eigenvalue weighted by atomic mass is 32.2. The van der Waals surface area contributed by atoms with Crippen LogP contribution in [-0.2, 0) is 10.0 Å². The lowest BCUT2D eigenvalue weighted by Crippen LogP contribution is -2.15. The highest BCUT2D eigenvalue weighted by Crippen LogP contribution is 2.25. The fourth-order valence-corrected chi connectivity index (χ4v) is 4.72. The molecule has 0 aliphatic rings. The fraction of sp³-hybridized carbons (Fsp3) is 0.0870. The number of anilines is 2. The van der Waals surface area contributed by atoms with Crippen molar-refractivity contribution in [1.29, 1.82) is 0 Å². The molecule has 2 N–H and O–H groups in total. The van der Waals surface area contributed by atoms with Crippen molar-refractivity contribution in [2.45, 2.75) is 18.7 Å². The number of nitrogens with one attached hydrogen (secondary N) is 2. The number of aromatic nitrogens is 2. The van der Waals surface area contributed by atoms with Crippen molar-refractivity contribution in [2.24, 2.45) is 0 Å². The summed E-state index contributed by atoms with van der Waals surface area (Å²) in [5, 5.41) is 5.02. The quantitative estimate of drug-likeness (QED) is 0.424. The van der Waals surface area contributed by atoms with Crippen LogP contribution in [0, 0.1) is 13.8 Å². The second-order valence-corrected chi connectivity index (χ2v) is 9.70. The molecule has 0 bridgehead atoms. The van der Waals surface area contributed by atoms with Gasteiger partial charge in [0, 0.05) is 34.6 Å². The Kier molecular flexibility index (Phi) is 6.02. The van der Waals surface area contributed by atoms with Crippen molar-refractivity contribution in [3.05, 3.63) is 89.1 Å². The van der Waals surface area contributed by atoms with Gasteiger partial charge in [-0.15, -0.1) is 11.3 Å². The SMILES string of the molecule is Cc1ccc(NS(=O)(=O)c2ccc(C(=O)Nc3nc(-c4cccnc4)cs3)cc2)cc1C. The third-order valence-electron chi connectivity index (χ3n) is 4.87. The summed E-state index contributed by atoms with van der Waals surface area (Å²) in [4.78, 5) is 21.1. The van der Waals surface area contributed by atoms with Gasteiger partial charge < -0.3 is 0 Å². The number of thiazole rings is 1. The first-order valence-corrected chi connectivity index (χ1v) is 12.1. The number of carbonyl (C=O) groups excluding carboxylic acids is 1. The number of sulfonamides is 1. The minimum Gasteiger partial charge on any atom is -0.298 e. The molecular weight excluding hydrogens is 444 g/mol. The predicted octanol–water partition coefficient (Wildman–Crippen LogP) is 4.88. The Balaban J connectivity index is 1.45. The van der Waals surface area contributed by atoms with E-state index in [0.717, 1.165) is 22.4 Å². The third-order valence-corrected chi connectivity index (χ3v) is 7.02. The van der Waals surface area contributed by atoms with E-state index in [9.17, 15) is 13.2 Å². The first-order chi connectivity index (χ1) is 15.3. The summed E-state index contributed by atoms with van der Waals surface area (Å²) < 4.78 is 27.9. The van der Waals surface area contributed by atoms with E-state index in [1.807, 2.05) is 37.4 Å². The van der Waals surface area contributed by atoms with Crippen molar-refractivity contribution < 1.29 is 13.2 Å². The van der Waals surface area contributed by atoms with Crippen molar-refractivity contribution in [3.63, 3.8) is 0 Å². The number of hydrogen-bond acceptors (Lipinski definition) is 6. The smallest absolute Gasteiger partial charge is 0.261 e. The van der Waals surface area contributed by atoms with E-state index in [1.54, 1.807) is 24.5 Å². The van der Waals surface area contributed by atoms with Crippen LogP contribution >= 0.6 is 11.3 Å². The molecule has 4 rings (SSSR count). The maximum Gasteiger partial charge on any atom is 0.261 e. The number of carbonyl (C=O) groups is 1. The summed E-state index contributed by atoms with van der Waals surface area (Å²) >= 11 is 1.30. The standard InChI is InChI=1S/C23H20N4O3S2/c1-15-5-8-19(12-16(15)2)27-32(29,30)20-9-6-17(7-10-20)22(28)26-23-25-21(14-31-23)18-4-3-11-24-13-18/h3-14,27H,1-2H3,(H,25,26,28). The van der Waals surface area contributed by atoms with Gasteiger partial charge in [-0.2, -0.15) is 0 Å². The Labute approximate surface area is 190 Å². The molecule has 0 unspecified atom stereocenters. The van der Waals surface area contributed by atoms with Crippen LogP contribution in [0.2, 0.25) is 0 Å². The molecule has 4 aromatic rings. The van der Waals surface area contributed by atoms with Gasteiger partial charge in [-0.05, 0) is 73.5 Å². The maximum atomic E-state index is 12.7. The van der Waals surface area contributed by atoms with Crippen LogP contribution in [0.1, 0.15) is 21.5 Å². The average molecular weight is 465 g/mol. The highest BCUT2D eigenvalue weighted by molar-refractivity contribution is 7.92. The van der Waals surface area contributed by atoms with Gasteiger partial charge in [0.05, 0.1) is 10.6 Å². The molecule has 9 heteroatoms. The zero-order chi connectivity index (χ0) is 22.7.